The van der Waals surface area contributed by atoms with Crippen LogP contribution in [0.25, 0.3) is 11.0 Å². The summed E-state index contributed by atoms with van der Waals surface area (Å²) in [5.41, 5.74) is 0.142. The van der Waals surface area contributed by atoms with Gasteiger partial charge in [-0.1, -0.05) is 13.8 Å². The van der Waals surface area contributed by atoms with Crippen LogP contribution in [0.15, 0.2) is 23.1 Å². The molecule has 0 radical (unpaired) electrons. The molecule has 0 aromatic carbocycles. The molecule has 2 aromatic heterocycles. The maximum absolute atomic E-state index is 13.5. The van der Waals surface area contributed by atoms with Crippen molar-refractivity contribution in [3.8, 4) is 5.75 Å². The number of pyridine rings is 2. The number of morpholine rings is 1. The molecule has 3 aliphatic rings. The van der Waals surface area contributed by atoms with Gasteiger partial charge in [0, 0.05) is 37.4 Å². The van der Waals surface area contributed by atoms with E-state index in [-0.39, 0.29) is 28.3 Å². The molecule has 1 spiro atoms. The van der Waals surface area contributed by atoms with E-state index in [1.165, 1.54) is 0 Å². The average molecular weight is 455 g/mol. The van der Waals surface area contributed by atoms with Gasteiger partial charge in [0.15, 0.2) is 0 Å². The van der Waals surface area contributed by atoms with Crippen LogP contribution >= 0.6 is 0 Å². The summed E-state index contributed by atoms with van der Waals surface area (Å²) in [5, 5.41) is 14.3. The summed E-state index contributed by atoms with van der Waals surface area (Å²) in [6.07, 6.45) is 7.64. The Morgan fingerprint density at radius 1 is 1.24 bits per heavy atom. The minimum absolute atomic E-state index is 0.0189. The number of rotatable bonds is 5. The quantitative estimate of drug-likeness (QED) is 0.721. The summed E-state index contributed by atoms with van der Waals surface area (Å²) < 4.78 is 7.22. The van der Waals surface area contributed by atoms with Crippen molar-refractivity contribution in [1.29, 1.82) is 0 Å². The first kappa shape index (κ1) is 22.3. The van der Waals surface area contributed by atoms with Gasteiger partial charge >= 0.3 is 0 Å². The van der Waals surface area contributed by atoms with Gasteiger partial charge < -0.3 is 15.2 Å². The first-order valence-electron chi connectivity index (χ1n) is 12.1. The van der Waals surface area contributed by atoms with Gasteiger partial charge in [-0.05, 0) is 56.1 Å². The monoisotopic (exact) mass is 454 g/mol. The van der Waals surface area contributed by atoms with Crippen molar-refractivity contribution in [2.24, 2.45) is 5.41 Å². The zero-order valence-corrected chi connectivity index (χ0v) is 19.6. The van der Waals surface area contributed by atoms with Gasteiger partial charge in [-0.25, -0.2) is 4.98 Å². The van der Waals surface area contributed by atoms with E-state index in [0.717, 1.165) is 51.7 Å². The largest absolute Gasteiger partial charge is 0.506 e. The summed E-state index contributed by atoms with van der Waals surface area (Å²) in [6.45, 7) is 7.84. The third-order valence-corrected chi connectivity index (χ3v) is 7.86. The zero-order valence-electron chi connectivity index (χ0n) is 19.6. The van der Waals surface area contributed by atoms with Crippen LogP contribution in [0.3, 0.4) is 0 Å². The van der Waals surface area contributed by atoms with E-state index >= 15 is 0 Å². The van der Waals surface area contributed by atoms with E-state index in [4.69, 9.17) is 4.74 Å². The number of nitrogens with one attached hydrogen (secondary N) is 1. The fourth-order valence-electron chi connectivity index (χ4n) is 5.42. The third kappa shape index (κ3) is 4.26. The zero-order chi connectivity index (χ0) is 23.2. The van der Waals surface area contributed by atoms with Crippen LogP contribution in [0, 0.1) is 5.41 Å². The fourth-order valence-corrected chi connectivity index (χ4v) is 5.42. The van der Waals surface area contributed by atoms with Crippen molar-refractivity contribution in [2.75, 3.05) is 26.3 Å². The summed E-state index contributed by atoms with van der Waals surface area (Å²) >= 11 is 0. The molecule has 8 heteroatoms. The van der Waals surface area contributed by atoms with Gasteiger partial charge in [-0.3, -0.25) is 19.1 Å². The smallest absolute Gasteiger partial charge is 0.268 e. The highest BCUT2D eigenvalue weighted by Gasteiger charge is 2.49. The predicted molar refractivity (Wildman–Crippen MR) is 126 cm³/mol. The van der Waals surface area contributed by atoms with Crippen LogP contribution < -0.4 is 10.9 Å². The molecule has 2 N–H and O–H groups in total. The van der Waals surface area contributed by atoms with Crippen LogP contribution in [-0.2, 0) is 11.3 Å². The number of amides is 1. The summed E-state index contributed by atoms with van der Waals surface area (Å²) in [6, 6.07) is 3.44. The number of hydrogen-bond donors (Lipinski definition) is 2. The van der Waals surface area contributed by atoms with Crippen LogP contribution in [0.4, 0.5) is 0 Å². The molecule has 178 valence electrons. The number of fused-ring (bicyclic) bond motifs is 1. The normalized spacial score (nSPS) is 22.5. The number of hydrogen-bond acceptors (Lipinski definition) is 6. The third-order valence-electron chi connectivity index (χ3n) is 7.86. The molecule has 3 heterocycles. The highest BCUT2D eigenvalue weighted by Crippen LogP contribution is 2.43. The van der Waals surface area contributed by atoms with Gasteiger partial charge in [-0.15, -0.1) is 0 Å². The van der Waals surface area contributed by atoms with Gasteiger partial charge in [0.25, 0.3) is 11.5 Å². The van der Waals surface area contributed by atoms with Gasteiger partial charge in [-0.2, -0.15) is 0 Å². The molecule has 1 aliphatic heterocycles. The number of aromatic nitrogens is 2. The molecule has 2 aliphatic carbocycles. The van der Waals surface area contributed by atoms with E-state index in [0.29, 0.717) is 30.7 Å². The molecular formula is C25H34N4O4. The van der Waals surface area contributed by atoms with E-state index in [9.17, 15) is 14.7 Å². The van der Waals surface area contributed by atoms with Crippen molar-refractivity contribution in [3.63, 3.8) is 0 Å². The molecule has 3 fully saturated rings. The Labute approximate surface area is 193 Å². The fraction of sp³-hybridized carbons (Fsp3) is 0.640. The van der Waals surface area contributed by atoms with Gasteiger partial charge in [0.1, 0.15) is 17.0 Å². The van der Waals surface area contributed by atoms with Crippen molar-refractivity contribution in [1.82, 2.24) is 19.8 Å². The molecule has 2 aromatic rings. The minimum atomic E-state index is -0.494. The number of ether oxygens (including phenoxy) is 1. The molecule has 0 atom stereocenters. The molecule has 0 unspecified atom stereocenters. The highest BCUT2D eigenvalue weighted by atomic mass is 16.5. The van der Waals surface area contributed by atoms with Gasteiger partial charge in [0.2, 0.25) is 0 Å². The number of aromatic hydroxyl groups is 1. The molecule has 2 saturated carbocycles. The second kappa shape index (κ2) is 8.40. The Morgan fingerprint density at radius 3 is 2.73 bits per heavy atom. The maximum Gasteiger partial charge on any atom is 0.268 e. The highest BCUT2D eigenvalue weighted by molar-refractivity contribution is 6.01. The first-order valence-corrected chi connectivity index (χ1v) is 12.1. The first-order chi connectivity index (χ1) is 15.8. The Morgan fingerprint density at radius 2 is 2.00 bits per heavy atom. The minimum Gasteiger partial charge on any atom is -0.506 e. The lowest BCUT2D eigenvalue weighted by Gasteiger charge is -2.36. The number of nitrogens with zero attached hydrogens (tertiary/aromatic N) is 3. The van der Waals surface area contributed by atoms with Crippen molar-refractivity contribution < 1.29 is 14.6 Å². The van der Waals surface area contributed by atoms with Crippen LogP contribution in [0.5, 0.6) is 5.75 Å². The molecule has 5 rings (SSSR count). The molecule has 33 heavy (non-hydrogen) atoms. The second-order valence-corrected chi connectivity index (χ2v) is 10.7. The number of carbonyl (C=O) groups is 1. The lowest BCUT2D eigenvalue weighted by Crippen LogP contribution is -2.49. The average Bonchev–Trinajstić information content (AvgIpc) is 3.56. The lowest BCUT2D eigenvalue weighted by molar-refractivity contribution is -0.0215. The maximum atomic E-state index is 13.5. The van der Waals surface area contributed by atoms with E-state index in [1.807, 2.05) is 0 Å². The molecule has 1 amide bonds. The van der Waals surface area contributed by atoms with E-state index in [2.05, 4.69) is 29.0 Å². The van der Waals surface area contributed by atoms with Crippen molar-refractivity contribution >= 4 is 16.9 Å². The van der Waals surface area contributed by atoms with Crippen molar-refractivity contribution in [3.05, 3.63) is 34.2 Å². The van der Waals surface area contributed by atoms with Crippen molar-refractivity contribution in [2.45, 2.75) is 70.5 Å². The Balaban J connectivity index is 1.43. The van der Waals surface area contributed by atoms with Crippen LogP contribution in [0.2, 0.25) is 0 Å². The standard InChI is InChI=1S/C25H34N4O4/c1-24(2)7-5-17(6-8-24)27-22(31)19-20(30)18-4-3-11-26-21(18)29(23(19)32)13-12-28-14-15-33-16-25(28)9-10-25/h3-4,11,17,30H,5-10,12-16H2,1-2H3,(H,27,31). The number of carbonyl (C=O) groups excluding carboxylic acids is 1. The Hall–Kier alpha value is -2.45. The van der Waals surface area contributed by atoms with Crippen LogP contribution in [0.1, 0.15) is 62.7 Å². The summed E-state index contributed by atoms with van der Waals surface area (Å²) in [7, 11) is 0. The molecule has 0 bridgehead atoms. The predicted octanol–water partition coefficient (Wildman–Crippen LogP) is 2.67. The molecule has 8 nitrogen and oxygen atoms in total. The van der Waals surface area contributed by atoms with Gasteiger partial charge in [0.05, 0.1) is 18.6 Å². The Bertz CT molecular complexity index is 1110. The second-order valence-electron chi connectivity index (χ2n) is 10.7. The topological polar surface area (TPSA) is 96.7 Å². The molecule has 1 saturated heterocycles. The SMILES string of the molecule is CC1(C)CCC(NC(=O)c2c(O)c3cccnc3n(CCN3CCOCC34CC4)c2=O)CC1. The summed E-state index contributed by atoms with van der Waals surface area (Å²) in [5.74, 6) is -0.773. The van der Waals surface area contributed by atoms with E-state index in [1.54, 1.807) is 22.9 Å². The Kier molecular flexibility index (Phi) is 5.69. The lowest BCUT2D eigenvalue weighted by atomic mass is 9.75. The summed E-state index contributed by atoms with van der Waals surface area (Å²) in [4.78, 5) is 33.5. The van der Waals surface area contributed by atoms with E-state index < -0.39 is 11.5 Å². The van der Waals surface area contributed by atoms with Crippen LogP contribution in [-0.4, -0.2) is 63.3 Å². The molecular weight excluding hydrogens is 420 g/mol.